The Labute approximate surface area is 131 Å². The van der Waals surface area contributed by atoms with Crippen LogP contribution in [0.2, 0.25) is 0 Å². The van der Waals surface area contributed by atoms with Crippen LogP contribution in [0.4, 0.5) is 5.82 Å². The number of rotatable bonds is 2. The summed E-state index contributed by atoms with van der Waals surface area (Å²) < 4.78 is 6.10. The minimum Gasteiger partial charge on any atom is -0.367 e. The largest absolute Gasteiger partial charge is 0.367 e. The lowest BCUT2D eigenvalue weighted by Gasteiger charge is -2.37. The van der Waals surface area contributed by atoms with Gasteiger partial charge in [-0.3, -0.25) is 0 Å². The highest BCUT2D eigenvalue weighted by Gasteiger charge is 2.28. The highest BCUT2D eigenvalue weighted by atomic mass is 32.1. The zero-order valence-electron chi connectivity index (χ0n) is 11.6. The van der Waals surface area contributed by atoms with Crippen molar-refractivity contribution >= 4 is 38.7 Å². The number of anilines is 1. The van der Waals surface area contributed by atoms with E-state index in [9.17, 15) is 0 Å². The number of ether oxygens (including phenoxy) is 1. The Hall–Kier alpha value is -1.50. The molecular formula is C15H15N3OS2. The summed E-state index contributed by atoms with van der Waals surface area (Å²) in [4.78, 5) is 12.2. The normalized spacial score (nSPS) is 22.8. The molecule has 1 fully saturated rings. The molecule has 1 aliphatic rings. The van der Waals surface area contributed by atoms with Crippen LogP contribution in [-0.4, -0.2) is 29.2 Å². The van der Waals surface area contributed by atoms with Gasteiger partial charge in [0.1, 0.15) is 23.1 Å². The Morgan fingerprint density at radius 3 is 3.05 bits per heavy atom. The third kappa shape index (κ3) is 2.43. The first-order chi connectivity index (χ1) is 10.3. The van der Waals surface area contributed by atoms with Crippen molar-refractivity contribution in [3.63, 3.8) is 0 Å². The number of hydrogen-bond donors (Lipinski definition) is 0. The van der Waals surface area contributed by atoms with Crippen molar-refractivity contribution in [1.29, 1.82) is 0 Å². The molecule has 21 heavy (non-hydrogen) atoms. The molecule has 4 nitrogen and oxygen atoms in total. The van der Waals surface area contributed by atoms with Gasteiger partial charge in [-0.2, -0.15) is 11.3 Å². The number of hydrogen-bond acceptors (Lipinski definition) is 6. The summed E-state index contributed by atoms with van der Waals surface area (Å²) in [6.07, 6.45) is 1.96. The van der Waals surface area contributed by atoms with E-state index in [1.807, 2.05) is 0 Å². The number of morpholine rings is 1. The molecule has 3 aromatic rings. The molecule has 4 heterocycles. The Kier molecular flexibility index (Phi) is 3.37. The first-order valence-electron chi connectivity index (χ1n) is 6.92. The minimum atomic E-state index is 0.114. The van der Waals surface area contributed by atoms with Gasteiger partial charge in [-0.1, -0.05) is 0 Å². The SMILES string of the molecule is CC1CN(c2ncnc3sccc23)CC(c2ccsc2)O1. The molecular weight excluding hydrogens is 302 g/mol. The Balaban J connectivity index is 1.69. The van der Waals surface area contributed by atoms with E-state index in [1.165, 1.54) is 5.56 Å². The van der Waals surface area contributed by atoms with Gasteiger partial charge in [0.15, 0.2) is 0 Å². The molecule has 0 aromatic carbocycles. The lowest BCUT2D eigenvalue weighted by atomic mass is 10.1. The molecule has 0 bridgehead atoms. The van der Waals surface area contributed by atoms with E-state index in [0.29, 0.717) is 0 Å². The Bertz CT molecular complexity index is 740. The van der Waals surface area contributed by atoms with E-state index < -0.39 is 0 Å². The first-order valence-corrected chi connectivity index (χ1v) is 8.74. The molecule has 0 radical (unpaired) electrons. The van der Waals surface area contributed by atoms with E-state index in [-0.39, 0.29) is 12.2 Å². The summed E-state index contributed by atoms with van der Waals surface area (Å²) in [7, 11) is 0. The predicted octanol–water partition coefficient (Wildman–Crippen LogP) is 3.72. The molecule has 0 aliphatic carbocycles. The van der Waals surface area contributed by atoms with Crippen LogP contribution >= 0.6 is 22.7 Å². The molecule has 0 spiro atoms. The molecule has 1 saturated heterocycles. The molecule has 0 amide bonds. The van der Waals surface area contributed by atoms with Crippen LogP contribution in [-0.2, 0) is 4.74 Å². The minimum absolute atomic E-state index is 0.114. The van der Waals surface area contributed by atoms with E-state index in [0.717, 1.165) is 29.1 Å². The van der Waals surface area contributed by atoms with Gasteiger partial charge in [0.25, 0.3) is 0 Å². The molecule has 6 heteroatoms. The topological polar surface area (TPSA) is 38.2 Å². The maximum atomic E-state index is 6.10. The van der Waals surface area contributed by atoms with Crippen LogP contribution in [0.15, 0.2) is 34.6 Å². The number of fused-ring (bicyclic) bond motifs is 1. The van der Waals surface area contributed by atoms with Gasteiger partial charge in [0, 0.05) is 13.1 Å². The van der Waals surface area contributed by atoms with E-state index in [1.54, 1.807) is 29.0 Å². The molecule has 0 saturated carbocycles. The third-order valence-electron chi connectivity index (χ3n) is 3.72. The lowest BCUT2D eigenvalue weighted by molar-refractivity contribution is -0.0173. The van der Waals surface area contributed by atoms with Crippen LogP contribution in [0.1, 0.15) is 18.6 Å². The maximum Gasteiger partial charge on any atom is 0.140 e. The lowest BCUT2D eigenvalue weighted by Crippen LogP contribution is -2.43. The second kappa shape index (κ2) is 5.36. The van der Waals surface area contributed by atoms with Gasteiger partial charge in [0.2, 0.25) is 0 Å². The maximum absolute atomic E-state index is 6.10. The van der Waals surface area contributed by atoms with Crippen molar-refractivity contribution in [3.8, 4) is 0 Å². The number of nitrogens with zero attached hydrogens (tertiary/aromatic N) is 3. The summed E-state index contributed by atoms with van der Waals surface area (Å²) in [6, 6.07) is 4.25. The molecule has 3 aromatic heterocycles. The highest BCUT2D eigenvalue weighted by molar-refractivity contribution is 7.16. The van der Waals surface area contributed by atoms with Crippen molar-refractivity contribution < 1.29 is 4.74 Å². The van der Waals surface area contributed by atoms with Crippen LogP contribution in [0.3, 0.4) is 0 Å². The summed E-state index contributed by atoms with van der Waals surface area (Å²) in [5.74, 6) is 1.02. The van der Waals surface area contributed by atoms with E-state index in [4.69, 9.17) is 4.74 Å². The van der Waals surface area contributed by atoms with Crippen LogP contribution in [0, 0.1) is 0 Å². The third-order valence-corrected chi connectivity index (χ3v) is 5.24. The fraction of sp³-hybridized carbons (Fsp3) is 0.333. The Morgan fingerprint density at radius 2 is 2.19 bits per heavy atom. The van der Waals surface area contributed by atoms with Gasteiger partial charge < -0.3 is 9.64 Å². The van der Waals surface area contributed by atoms with Crippen molar-refractivity contribution in [1.82, 2.24) is 9.97 Å². The second-order valence-corrected chi connectivity index (χ2v) is 6.91. The second-order valence-electron chi connectivity index (χ2n) is 5.23. The zero-order chi connectivity index (χ0) is 14.2. The zero-order valence-corrected chi connectivity index (χ0v) is 13.2. The van der Waals surface area contributed by atoms with E-state index >= 15 is 0 Å². The van der Waals surface area contributed by atoms with Gasteiger partial charge >= 0.3 is 0 Å². The quantitative estimate of drug-likeness (QED) is 0.722. The predicted molar refractivity (Wildman–Crippen MR) is 87.2 cm³/mol. The smallest absolute Gasteiger partial charge is 0.140 e. The van der Waals surface area contributed by atoms with Gasteiger partial charge in [-0.05, 0) is 40.8 Å². The standard InChI is InChI=1S/C15H15N3OS2/c1-10-6-18(7-13(19-10)11-2-4-20-8-11)14-12-3-5-21-15(12)17-9-16-14/h2-5,8-10,13H,6-7H2,1H3. The van der Waals surface area contributed by atoms with Crippen molar-refractivity contribution in [2.24, 2.45) is 0 Å². The fourth-order valence-electron chi connectivity index (χ4n) is 2.80. The van der Waals surface area contributed by atoms with Gasteiger partial charge in [-0.25, -0.2) is 9.97 Å². The average Bonchev–Trinajstić information content (AvgIpc) is 3.17. The summed E-state index contributed by atoms with van der Waals surface area (Å²) in [5, 5.41) is 7.48. The van der Waals surface area contributed by atoms with Gasteiger partial charge in [-0.15, -0.1) is 11.3 Å². The number of thiophene rings is 2. The van der Waals surface area contributed by atoms with Crippen LogP contribution in [0.5, 0.6) is 0 Å². The molecule has 2 atom stereocenters. The molecule has 0 N–H and O–H groups in total. The highest BCUT2D eigenvalue weighted by Crippen LogP contribution is 2.32. The fourth-order valence-corrected chi connectivity index (χ4v) is 4.22. The van der Waals surface area contributed by atoms with Crippen LogP contribution < -0.4 is 4.90 Å². The molecule has 2 unspecified atom stereocenters. The summed E-state index contributed by atoms with van der Waals surface area (Å²) in [6.45, 7) is 3.82. The molecule has 1 aliphatic heterocycles. The average molecular weight is 317 g/mol. The molecule has 108 valence electrons. The van der Waals surface area contributed by atoms with E-state index in [2.05, 4.69) is 50.1 Å². The summed E-state index contributed by atoms with van der Waals surface area (Å²) in [5.41, 5.74) is 1.26. The van der Waals surface area contributed by atoms with Crippen molar-refractivity contribution in [2.75, 3.05) is 18.0 Å². The monoisotopic (exact) mass is 317 g/mol. The van der Waals surface area contributed by atoms with Crippen LogP contribution in [0.25, 0.3) is 10.2 Å². The molecule has 4 rings (SSSR count). The summed E-state index contributed by atoms with van der Waals surface area (Å²) >= 11 is 3.37. The van der Waals surface area contributed by atoms with Crippen molar-refractivity contribution in [3.05, 3.63) is 40.2 Å². The first kappa shape index (κ1) is 13.2. The Morgan fingerprint density at radius 1 is 1.24 bits per heavy atom. The van der Waals surface area contributed by atoms with Gasteiger partial charge in [0.05, 0.1) is 11.5 Å². The number of aromatic nitrogens is 2. The van der Waals surface area contributed by atoms with Crippen molar-refractivity contribution in [2.45, 2.75) is 19.1 Å².